The summed E-state index contributed by atoms with van der Waals surface area (Å²) in [4.78, 5) is 0. The second kappa shape index (κ2) is 25.8. The molecule has 0 radical (unpaired) electrons. The number of hydrogen-bond donors (Lipinski definition) is 0. The molecule has 0 unspecified atom stereocenters. The van der Waals surface area contributed by atoms with Gasteiger partial charge >= 0.3 is 0 Å². The van der Waals surface area contributed by atoms with Gasteiger partial charge in [-0.05, 0) is 162 Å². The zero-order chi connectivity index (χ0) is 68.2. The highest BCUT2D eigenvalue weighted by Gasteiger charge is 2.25. The van der Waals surface area contributed by atoms with Crippen molar-refractivity contribution >= 4 is 87.5 Å². The lowest BCUT2D eigenvalue weighted by Crippen LogP contribution is -2.11. The largest absolute Gasteiger partial charge is 0.456 e. The highest BCUT2D eigenvalue weighted by molar-refractivity contribution is 6.12. The Labute approximate surface area is 573 Å². The van der Waals surface area contributed by atoms with E-state index in [4.69, 9.17) is 8.83 Å². The first kappa shape index (κ1) is 65.5. The van der Waals surface area contributed by atoms with E-state index in [1.165, 1.54) is 127 Å². The van der Waals surface area contributed by atoms with Crippen LogP contribution in [-0.2, 0) is 33.5 Å². The molecule has 0 N–H and O–H groups in total. The Balaban J connectivity index is 0.000000110. The average molecular weight is 1270 g/mol. The van der Waals surface area contributed by atoms with Gasteiger partial charge in [0.15, 0.2) is 0 Å². The molecular weight excluding hydrogens is 1180 g/mol. The van der Waals surface area contributed by atoms with E-state index in [1.54, 1.807) is 0 Å². The Bertz CT molecular complexity index is 5450. The van der Waals surface area contributed by atoms with Crippen molar-refractivity contribution in [3.8, 4) is 22.5 Å². The minimum atomic E-state index is 0.116. The number of benzene rings is 12. The zero-order valence-corrected chi connectivity index (χ0v) is 59.4. The van der Waals surface area contributed by atoms with Gasteiger partial charge in [-0.15, -0.1) is 0 Å². The maximum Gasteiger partial charge on any atom is 0.135 e. The van der Waals surface area contributed by atoms with E-state index in [1.807, 2.05) is 30.3 Å². The quantitative estimate of drug-likeness (QED) is 0.173. The zero-order valence-electron chi connectivity index (χ0n) is 59.4. The summed E-state index contributed by atoms with van der Waals surface area (Å²) in [7, 11) is 0. The summed E-state index contributed by atoms with van der Waals surface area (Å²) in [6.45, 7) is 33.9. The van der Waals surface area contributed by atoms with Crippen LogP contribution in [0.5, 0.6) is 0 Å². The third kappa shape index (κ3) is 13.2. The Morgan fingerprint density at radius 2 is 0.660 bits per heavy atom. The van der Waals surface area contributed by atoms with Gasteiger partial charge in [-0.3, -0.25) is 0 Å². The molecule has 4 aromatic heterocycles. The summed E-state index contributed by atoms with van der Waals surface area (Å²) in [6, 6.07) is 97.2. The van der Waals surface area contributed by atoms with Gasteiger partial charge in [0.25, 0.3) is 0 Å². The lowest BCUT2D eigenvalue weighted by atomic mass is 9.84. The molecule has 0 bridgehead atoms. The van der Waals surface area contributed by atoms with Crippen LogP contribution in [0.4, 0.5) is 0 Å². The smallest absolute Gasteiger partial charge is 0.135 e. The Kier molecular flexibility index (Phi) is 17.4. The summed E-state index contributed by atoms with van der Waals surface area (Å²) in [5, 5.41) is 10.2. The lowest BCUT2D eigenvalue weighted by Gasteiger charge is -2.20. The second-order valence-electron chi connectivity index (χ2n) is 31.3. The van der Waals surface area contributed by atoms with E-state index in [9.17, 15) is 0 Å². The van der Waals surface area contributed by atoms with E-state index >= 15 is 0 Å². The van der Waals surface area contributed by atoms with Gasteiger partial charge in [0.05, 0.1) is 22.1 Å². The molecule has 0 aliphatic heterocycles. The molecule has 4 heteroatoms. The number of rotatable bonds is 2. The van der Waals surface area contributed by atoms with Crippen molar-refractivity contribution in [2.75, 3.05) is 0 Å². The summed E-state index contributed by atoms with van der Waals surface area (Å²) in [5.41, 5.74) is 24.9. The lowest BCUT2D eigenvalue weighted by molar-refractivity contribution is 0.589. The minimum Gasteiger partial charge on any atom is -0.456 e. The summed E-state index contributed by atoms with van der Waals surface area (Å²) < 4.78 is 16.5. The van der Waals surface area contributed by atoms with Crippen LogP contribution in [0.15, 0.2) is 282 Å². The van der Waals surface area contributed by atoms with Crippen molar-refractivity contribution in [1.29, 1.82) is 0 Å². The molecule has 1 aliphatic carbocycles. The number of nitrogens with zero attached hydrogens (tertiary/aromatic N) is 2. The van der Waals surface area contributed by atoms with E-state index in [0.717, 1.165) is 28.8 Å². The first-order valence-electron chi connectivity index (χ1n) is 34.5. The van der Waals surface area contributed by atoms with Crippen LogP contribution in [0.2, 0.25) is 0 Å². The first-order valence-corrected chi connectivity index (χ1v) is 34.5. The van der Waals surface area contributed by atoms with Crippen LogP contribution in [0.1, 0.15) is 143 Å². The van der Waals surface area contributed by atoms with Crippen molar-refractivity contribution in [2.45, 2.75) is 137 Å². The Morgan fingerprint density at radius 3 is 1.29 bits per heavy atom. The number of para-hydroxylation sites is 6. The Morgan fingerprint density at radius 1 is 0.247 bits per heavy atom. The maximum absolute atomic E-state index is 5.89. The van der Waals surface area contributed by atoms with Gasteiger partial charge in [0, 0.05) is 54.5 Å². The van der Waals surface area contributed by atoms with Crippen molar-refractivity contribution < 1.29 is 8.83 Å². The SMILES string of the molecule is CC(C)(C)c1ccc2c(c1)Cc1ccccc1-2.CC(C)(C)c1ccc2c3ccccc3n(-c3ccccc3)c2c1.CC(C)(C)c1ccc2oc3ccccc3c2c1.CC(C)(C)c1cccc2c1c1ccccc1n2-c1ccccc1.CC(C)(C)c1cccc2oc3ccccc3c12. The molecule has 12 aromatic carbocycles. The molecule has 486 valence electrons. The third-order valence-electron chi connectivity index (χ3n) is 19.2. The van der Waals surface area contributed by atoms with Gasteiger partial charge in [-0.25, -0.2) is 0 Å². The highest BCUT2D eigenvalue weighted by atomic mass is 16.3. The molecule has 0 spiro atoms. The molecule has 17 rings (SSSR count). The molecule has 0 atom stereocenters. The molecule has 1 aliphatic rings. The van der Waals surface area contributed by atoms with Crippen LogP contribution in [-0.4, -0.2) is 9.13 Å². The first-order chi connectivity index (χ1) is 46.3. The monoisotopic (exact) mass is 1270 g/mol. The van der Waals surface area contributed by atoms with Crippen molar-refractivity contribution in [1.82, 2.24) is 9.13 Å². The minimum absolute atomic E-state index is 0.116. The van der Waals surface area contributed by atoms with E-state index in [2.05, 4.69) is 356 Å². The fourth-order valence-electron chi connectivity index (χ4n) is 14.0. The maximum atomic E-state index is 5.89. The van der Waals surface area contributed by atoms with Gasteiger partial charge in [-0.1, -0.05) is 298 Å². The van der Waals surface area contributed by atoms with Crippen molar-refractivity contribution in [3.05, 3.63) is 312 Å². The number of fused-ring (bicyclic) bond motifs is 15. The van der Waals surface area contributed by atoms with Gasteiger partial charge < -0.3 is 18.0 Å². The molecule has 0 saturated heterocycles. The highest BCUT2D eigenvalue weighted by Crippen LogP contribution is 2.42. The standard InChI is InChI=1S/2C22H21N.C17H18.2C16H16O/c1-22(2,3)18-13-9-15-20-21(18)17-12-7-8-14-19(17)23(20)16-10-5-4-6-11-16;1-22(2,3)16-13-14-19-18-11-7-8-12-20(18)23(21(19)15-16)17-9-5-4-6-10-17;1-17(2,3)14-8-9-16-13(11-14)10-12-6-4-5-7-15(12)16;1-16(2,3)12-8-6-10-14-15(12)11-7-4-5-9-13(11)17-14;1-16(2,3)11-8-9-15-13(10-11)12-6-4-5-7-14(12)17-15/h2*4-15H,1-3H3;4-9,11H,10H2,1-3H3;2*4-10H,1-3H3. The summed E-state index contributed by atoms with van der Waals surface area (Å²) in [5.74, 6) is 0. The fourth-order valence-corrected chi connectivity index (χ4v) is 14.0. The Hall–Kier alpha value is -10.2. The predicted molar refractivity (Wildman–Crippen MR) is 417 cm³/mol. The summed E-state index contributed by atoms with van der Waals surface area (Å²) in [6.07, 6.45) is 1.09. The molecule has 0 fully saturated rings. The molecule has 97 heavy (non-hydrogen) atoms. The second-order valence-corrected chi connectivity index (χ2v) is 31.3. The van der Waals surface area contributed by atoms with Crippen LogP contribution in [0.3, 0.4) is 0 Å². The van der Waals surface area contributed by atoms with E-state index in [0.29, 0.717) is 0 Å². The molecular formula is C93H92N2O2. The topological polar surface area (TPSA) is 36.1 Å². The number of hydrogen-bond acceptors (Lipinski definition) is 2. The van der Waals surface area contributed by atoms with Crippen LogP contribution < -0.4 is 0 Å². The molecule has 0 amide bonds. The van der Waals surface area contributed by atoms with Gasteiger partial charge in [0.2, 0.25) is 0 Å². The number of aromatic nitrogens is 2. The van der Waals surface area contributed by atoms with E-state index < -0.39 is 0 Å². The van der Waals surface area contributed by atoms with E-state index in [-0.39, 0.29) is 27.1 Å². The molecule has 4 nitrogen and oxygen atoms in total. The van der Waals surface area contributed by atoms with Crippen molar-refractivity contribution in [3.63, 3.8) is 0 Å². The number of furan rings is 2. The van der Waals surface area contributed by atoms with Gasteiger partial charge in [0.1, 0.15) is 22.3 Å². The normalized spacial score (nSPS) is 12.4. The molecule has 0 saturated carbocycles. The van der Waals surface area contributed by atoms with Crippen LogP contribution in [0, 0.1) is 0 Å². The third-order valence-corrected chi connectivity index (χ3v) is 19.2. The summed E-state index contributed by atoms with van der Waals surface area (Å²) >= 11 is 0. The van der Waals surface area contributed by atoms with Crippen LogP contribution in [0.25, 0.3) is 110 Å². The average Bonchev–Trinajstić information content (AvgIpc) is 1.60. The van der Waals surface area contributed by atoms with Gasteiger partial charge in [-0.2, -0.15) is 0 Å². The molecule has 16 aromatic rings. The fraction of sp³-hybridized carbons (Fsp3) is 0.226. The molecule has 4 heterocycles. The van der Waals surface area contributed by atoms with Crippen LogP contribution >= 0.6 is 0 Å². The predicted octanol–water partition coefficient (Wildman–Crippen LogP) is 26.5. The van der Waals surface area contributed by atoms with Crippen molar-refractivity contribution in [2.24, 2.45) is 0 Å².